The molecule has 1 atom stereocenters. The molecule has 0 spiro atoms. The number of carbonyl (C=O) groups excluding carboxylic acids is 1. The van der Waals surface area contributed by atoms with Crippen molar-refractivity contribution in [3.8, 4) is 0 Å². The van der Waals surface area contributed by atoms with Crippen molar-refractivity contribution in [2.24, 2.45) is 4.99 Å². The minimum Gasteiger partial charge on any atom is -0.464 e. The third-order valence-electron chi connectivity index (χ3n) is 2.88. The molecule has 3 nitrogen and oxygen atoms in total. The Labute approximate surface area is 105 Å². The number of aliphatic imine (C=N–C) groups is 1. The van der Waals surface area contributed by atoms with E-state index < -0.39 is 5.54 Å². The summed E-state index contributed by atoms with van der Waals surface area (Å²) in [5.74, 6) is -0.281. The van der Waals surface area contributed by atoms with Gasteiger partial charge in [0.05, 0.1) is 6.61 Å². The van der Waals surface area contributed by atoms with Gasteiger partial charge in [-0.2, -0.15) is 0 Å². The molecule has 1 unspecified atom stereocenters. The second-order valence-corrected chi connectivity index (χ2v) is 4.37. The predicted octanol–water partition coefficient (Wildman–Crippen LogP) is 2.96. The zero-order valence-electron chi connectivity index (χ0n) is 9.65. The minimum atomic E-state index is -0.861. The van der Waals surface area contributed by atoms with Crippen LogP contribution in [-0.4, -0.2) is 18.8 Å². The number of hydrogen-bond donors (Lipinski definition) is 0. The number of hydrogen-bond acceptors (Lipinski definition) is 3. The summed E-state index contributed by atoms with van der Waals surface area (Å²) < 4.78 is 5.13. The maximum absolute atomic E-state index is 12.1. The Kier molecular flexibility index (Phi) is 3.48. The van der Waals surface area contributed by atoms with Gasteiger partial charge in [-0.3, -0.25) is 4.99 Å². The summed E-state index contributed by atoms with van der Waals surface area (Å²) in [4.78, 5) is 16.4. The number of carbonyl (C=O) groups is 1. The molecule has 4 heteroatoms. The summed E-state index contributed by atoms with van der Waals surface area (Å²) in [7, 11) is 0. The SMILES string of the molecule is CCOC(=O)C1(c2ccc(Cl)cc2)CCC=N1. The fourth-order valence-corrected chi connectivity index (χ4v) is 2.15. The van der Waals surface area contributed by atoms with Gasteiger partial charge in [0, 0.05) is 11.2 Å². The van der Waals surface area contributed by atoms with Gasteiger partial charge in [0.2, 0.25) is 0 Å². The van der Waals surface area contributed by atoms with Crippen molar-refractivity contribution in [2.75, 3.05) is 6.61 Å². The van der Waals surface area contributed by atoms with E-state index in [1.807, 2.05) is 12.1 Å². The van der Waals surface area contributed by atoms with Crippen LogP contribution in [0.4, 0.5) is 0 Å². The van der Waals surface area contributed by atoms with E-state index in [0.29, 0.717) is 18.1 Å². The summed E-state index contributed by atoms with van der Waals surface area (Å²) in [6, 6.07) is 7.21. The molecule has 0 bridgehead atoms. The van der Waals surface area contributed by atoms with Crippen molar-refractivity contribution in [2.45, 2.75) is 25.3 Å². The van der Waals surface area contributed by atoms with Crippen LogP contribution in [0.1, 0.15) is 25.3 Å². The first kappa shape index (κ1) is 12.1. The van der Waals surface area contributed by atoms with Gasteiger partial charge in [0.15, 0.2) is 5.54 Å². The van der Waals surface area contributed by atoms with Gasteiger partial charge < -0.3 is 4.74 Å². The highest BCUT2D eigenvalue weighted by Gasteiger charge is 2.42. The molecule has 0 amide bonds. The molecule has 1 aromatic carbocycles. The average molecular weight is 252 g/mol. The molecule has 0 N–H and O–H groups in total. The van der Waals surface area contributed by atoms with E-state index in [2.05, 4.69) is 4.99 Å². The first-order valence-corrected chi connectivity index (χ1v) is 6.04. The first-order chi connectivity index (χ1) is 8.19. The Balaban J connectivity index is 2.38. The molecule has 17 heavy (non-hydrogen) atoms. The van der Waals surface area contributed by atoms with E-state index in [9.17, 15) is 4.79 Å². The Morgan fingerprint density at radius 1 is 1.47 bits per heavy atom. The van der Waals surface area contributed by atoms with Gasteiger partial charge in [0.25, 0.3) is 0 Å². The zero-order valence-corrected chi connectivity index (χ0v) is 10.4. The van der Waals surface area contributed by atoms with E-state index in [4.69, 9.17) is 16.3 Å². The van der Waals surface area contributed by atoms with Crippen molar-refractivity contribution >= 4 is 23.8 Å². The fourth-order valence-electron chi connectivity index (χ4n) is 2.03. The van der Waals surface area contributed by atoms with Crippen molar-refractivity contribution in [3.63, 3.8) is 0 Å². The molecule has 90 valence electrons. The smallest absolute Gasteiger partial charge is 0.338 e. The topological polar surface area (TPSA) is 38.7 Å². The van der Waals surface area contributed by atoms with E-state index in [-0.39, 0.29) is 5.97 Å². The Hall–Kier alpha value is -1.35. The largest absolute Gasteiger partial charge is 0.464 e. The lowest BCUT2D eigenvalue weighted by atomic mass is 9.88. The molecule has 1 aliphatic heterocycles. The maximum Gasteiger partial charge on any atom is 0.338 e. The first-order valence-electron chi connectivity index (χ1n) is 5.66. The molecule has 2 rings (SSSR count). The summed E-state index contributed by atoms with van der Waals surface area (Å²) in [5.41, 5.74) is -0.0188. The molecule has 0 aliphatic carbocycles. The van der Waals surface area contributed by atoms with E-state index >= 15 is 0 Å². The minimum absolute atomic E-state index is 0.281. The molecule has 0 aromatic heterocycles. The van der Waals surface area contributed by atoms with Crippen molar-refractivity contribution < 1.29 is 9.53 Å². The highest BCUT2D eigenvalue weighted by atomic mass is 35.5. The van der Waals surface area contributed by atoms with Gasteiger partial charge in [-0.05, 0) is 37.5 Å². The normalized spacial score (nSPS) is 22.7. The van der Waals surface area contributed by atoms with Gasteiger partial charge in [-0.15, -0.1) is 0 Å². The number of ether oxygens (including phenoxy) is 1. The molecule has 1 aromatic rings. The lowest BCUT2D eigenvalue weighted by Crippen LogP contribution is -2.33. The molecule has 1 heterocycles. The number of rotatable bonds is 3. The van der Waals surface area contributed by atoms with Crippen molar-refractivity contribution in [1.82, 2.24) is 0 Å². The number of halogens is 1. The second kappa shape index (κ2) is 4.88. The molecule has 0 saturated heterocycles. The highest BCUT2D eigenvalue weighted by Crippen LogP contribution is 2.36. The molecule has 0 saturated carbocycles. The van der Waals surface area contributed by atoms with Crippen LogP contribution in [0.2, 0.25) is 5.02 Å². The lowest BCUT2D eigenvalue weighted by Gasteiger charge is -2.24. The fraction of sp³-hybridized carbons (Fsp3) is 0.385. The Morgan fingerprint density at radius 2 is 2.18 bits per heavy atom. The monoisotopic (exact) mass is 251 g/mol. The third-order valence-corrected chi connectivity index (χ3v) is 3.13. The standard InChI is InChI=1S/C13H14ClNO2/c1-2-17-12(16)13(8-3-9-15-13)10-4-6-11(14)7-5-10/h4-7,9H,2-3,8H2,1H3. The highest BCUT2D eigenvalue weighted by molar-refractivity contribution is 6.30. The van der Waals surface area contributed by atoms with Crippen LogP contribution in [0.5, 0.6) is 0 Å². The number of benzene rings is 1. The average Bonchev–Trinajstić information content (AvgIpc) is 2.81. The van der Waals surface area contributed by atoms with Crippen LogP contribution in [0, 0.1) is 0 Å². The Bertz CT molecular complexity index is 441. The van der Waals surface area contributed by atoms with Crippen molar-refractivity contribution in [1.29, 1.82) is 0 Å². The van der Waals surface area contributed by atoms with Crippen LogP contribution in [-0.2, 0) is 15.1 Å². The van der Waals surface area contributed by atoms with Crippen molar-refractivity contribution in [3.05, 3.63) is 34.9 Å². The van der Waals surface area contributed by atoms with Gasteiger partial charge >= 0.3 is 5.97 Å². The molecular weight excluding hydrogens is 238 g/mol. The van der Waals surface area contributed by atoms with E-state index in [0.717, 1.165) is 12.0 Å². The zero-order chi connectivity index (χ0) is 12.3. The molecule has 0 radical (unpaired) electrons. The molecule has 1 aliphatic rings. The maximum atomic E-state index is 12.1. The Morgan fingerprint density at radius 3 is 2.71 bits per heavy atom. The van der Waals surface area contributed by atoms with Gasteiger partial charge in [0.1, 0.15) is 0 Å². The number of esters is 1. The van der Waals surface area contributed by atoms with Crippen LogP contribution in [0.15, 0.2) is 29.3 Å². The van der Waals surface area contributed by atoms with Gasteiger partial charge in [-0.1, -0.05) is 23.7 Å². The number of nitrogens with zero attached hydrogens (tertiary/aromatic N) is 1. The summed E-state index contributed by atoms with van der Waals surface area (Å²) >= 11 is 5.85. The summed E-state index contributed by atoms with van der Waals surface area (Å²) in [5, 5.41) is 0.648. The van der Waals surface area contributed by atoms with Crippen LogP contribution >= 0.6 is 11.6 Å². The van der Waals surface area contributed by atoms with Crippen LogP contribution < -0.4 is 0 Å². The third kappa shape index (κ3) is 2.20. The second-order valence-electron chi connectivity index (χ2n) is 3.94. The van der Waals surface area contributed by atoms with Gasteiger partial charge in [-0.25, -0.2) is 4.79 Å². The predicted molar refractivity (Wildman–Crippen MR) is 67.5 cm³/mol. The summed E-state index contributed by atoms with van der Waals surface area (Å²) in [6.07, 6.45) is 3.24. The quantitative estimate of drug-likeness (QED) is 0.775. The molecule has 0 fully saturated rings. The van der Waals surface area contributed by atoms with E-state index in [1.165, 1.54) is 0 Å². The lowest BCUT2D eigenvalue weighted by molar-refractivity contribution is -0.149. The summed E-state index contributed by atoms with van der Waals surface area (Å²) in [6.45, 7) is 2.16. The van der Waals surface area contributed by atoms with Crippen LogP contribution in [0.3, 0.4) is 0 Å². The van der Waals surface area contributed by atoms with E-state index in [1.54, 1.807) is 25.3 Å². The van der Waals surface area contributed by atoms with Crippen LogP contribution in [0.25, 0.3) is 0 Å². The molecular formula is C13H14ClNO2.